The highest BCUT2D eigenvalue weighted by Gasteiger charge is 2.14. The average Bonchev–Trinajstić information content (AvgIpc) is 2.27. The van der Waals surface area contributed by atoms with Crippen molar-refractivity contribution in [1.29, 1.82) is 0 Å². The third kappa shape index (κ3) is 2.40. The molecule has 0 bridgehead atoms. The van der Waals surface area contributed by atoms with Crippen LogP contribution < -0.4 is 10.9 Å². The summed E-state index contributed by atoms with van der Waals surface area (Å²) in [5.41, 5.74) is -0.324. The van der Waals surface area contributed by atoms with Gasteiger partial charge in [0.05, 0.1) is 5.56 Å². The van der Waals surface area contributed by atoms with Crippen LogP contribution in [0, 0.1) is 5.82 Å². The summed E-state index contributed by atoms with van der Waals surface area (Å²) in [5, 5.41) is 2.94. The molecule has 0 saturated carbocycles. The minimum absolute atomic E-state index is 0.0756. The Morgan fingerprint density at radius 3 is 2.72 bits per heavy atom. The van der Waals surface area contributed by atoms with Gasteiger partial charge in [-0.05, 0) is 32.0 Å². The highest BCUT2D eigenvalue weighted by atomic mass is 19.1. The van der Waals surface area contributed by atoms with Crippen LogP contribution in [0.5, 0.6) is 0 Å². The molecule has 0 saturated heterocycles. The second kappa shape index (κ2) is 4.60. The van der Waals surface area contributed by atoms with Gasteiger partial charge in [0.25, 0.3) is 5.91 Å². The molecule has 1 aromatic heterocycles. The standard InChI is InChI=1S/C13H12FNO3/c1-7(2)15-13(17)10-6-12(16)18-11-4-3-8(14)5-9(10)11/h3-7H,1-2H3,(H,15,17). The van der Waals surface area contributed by atoms with Gasteiger partial charge in [0.15, 0.2) is 0 Å². The maximum Gasteiger partial charge on any atom is 0.337 e. The molecule has 2 aromatic rings. The van der Waals surface area contributed by atoms with E-state index in [4.69, 9.17) is 4.42 Å². The molecule has 1 N–H and O–H groups in total. The molecule has 0 radical (unpaired) electrons. The van der Waals surface area contributed by atoms with E-state index in [1.807, 2.05) is 0 Å². The van der Waals surface area contributed by atoms with E-state index in [-0.39, 0.29) is 22.6 Å². The zero-order valence-electron chi connectivity index (χ0n) is 9.99. The van der Waals surface area contributed by atoms with Gasteiger partial charge < -0.3 is 9.73 Å². The predicted octanol–water partition coefficient (Wildman–Crippen LogP) is 2.07. The van der Waals surface area contributed by atoms with Crippen molar-refractivity contribution in [3.8, 4) is 0 Å². The first-order valence-electron chi connectivity index (χ1n) is 5.51. The SMILES string of the molecule is CC(C)NC(=O)c1cc(=O)oc2ccc(F)cc12. The number of nitrogens with one attached hydrogen (secondary N) is 1. The zero-order chi connectivity index (χ0) is 13.3. The lowest BCUT2D eigenvalue weighted by molar-refractivity contribution is 0.0944. The third-order valence-electron chi connectivity index (χ3n) is 2.37. The van der Waals surface area contributed by atoms with Crippen LogP contribution in [0.25, 0.3) is 11.0 Å². The second-order valence-corrected chi connectivity index (χ2v) is 4.25. The van der Waals surface area contributed by atoms with Gasteiger partial charge in [0, 0.05) is 17.5 Å². The molecule has 0 fully saturated rings. The van der Waals surface area contributed by atoms with E-state index in [9.17, 15) is 14.0 Å². The molecule has 94 valence electrons. The van der Waals surface area contributed by atoms with E-state index in [1.165, 1.54) is 18.2 Å². The second-order valence-electron chi connectivity index (χ2n) is 4.25. The molecule has 1 amide bonds. The van der Waals surface area contributed by atoms with Crippen LogP contribution in [0.3, 0.4) is 0 Å². The molecule has 1 heterocycles. The van der Waals surface area contributed by atoms with Crippen molar-refractivity contribution < 1.29 is 13.6 Å². The molecule has 0 aliphatic rings. The summed E-state index contributed by atoms with van der Waals surface area (Å²) in [5.74, 6) is -0.913. The molecule has 0 spiro atoms. The Balaban J connectivity index is 2.64. The molecular weight excluding hydrogens is 237 g/mol. The third-order valence-corrected chi connectivity index (χ3v) is 2.37. The largest absolute Gasteiger partial charge is 0.423 e. The van der Waals surface area contributed by atoms with Crippen LogP contribution in [0.2, 0.25) is 0 Å². The summed E-state index contributed by atoms with van der Waals surface area (Å²) in [4.78, 5) is 23.3. The molecule has 4 nitrogen and oxygen atoms in total. The van der Waals surface area contributed by atoms with Crippen LogP contribution in [-0.2, 0) is 0 Å². The minimum Gasteiger partial charge on any atom is -0.423 e. The number of fused-ring (bicyclic) bond motifs is 1. The molecule has 18 heavy (non-hydrogen) atoms. The van der Waals surface area contributed by atoms with Crippen molar-refractivity contribution in [2.75, 3.05) is 0 Å². The Kier molecular flexibility index (Phi) is 3.14. The molecule has 2 rings (SSSR count). The number of hydrogen-bond acceptors (Lipinski definition) is 3. The Bertz CT molecular complexity index is 661. The van der Waals surface area contributed by atoms with Gasteiger partial charge in [-0.2, -0.15) is 0 Å². The summed E-state index contributed by atoms with van der Waals surface area (Å²) in [6.45, 7) is 3.60. The number of carbonyl (C=O) groups is 1. The van der Waals surface area contributed by atoms with Gasteiger partial charge in [-0.15, -0.1) is 0 Å². The lowest BCUT2D eigenvalue weighted by atomic mass is 10.1. The first-order chi connectivity index (χ1) is 8.47. The van der Waals surface area contributed by atoms with Gasteiger partial charge in [0.2, 0.25) is 0 Å². The summed E-state index contributed by atoms with van der Waals surface area (Å²) in [7, 11) is 0. The maximum atomic E-state index is 13.2. The van der Waals surface area contributed by atoms with Crippen molar-refractivity contribution in [2.24, 2.45) is 0 Å². The van der Waals surface area contributed by atoms with E-state index >= 15 is 0 Å². The van der Waals surface area contributed by atoms with E-state index < -0.39 is 17.3 Å². The van der Waals surface area contributed by atoms with Crippen molar-refractivity contribution in [1.82, 2.24) is 5.32 Å². The van der Waals surface area contributed by atoms with Crippen LogP contribution in [-0.4, -0.2) is 11.9 Å². The number of amides is 1. The van der Waals surface area contributed by atoms with E-state index in [0.717, 1.165) is 6.07 Å². The fourth-order valence-electron chi connectivity index (χ4n) is 1.66. The van der Waals surface area contributed by atoms with E-state index in [2.05, 4.69) is 5.32 Å². The number of rotatable bonds is 2. The quantitative estimate of drug-likeness (QED) is 0.829. The lowest BCUT2D eigenvalue weighted by Crippen LogP contribution is -2.30. The lowest BCUT2D eigenvalue weighted by Gasteiger charge is -2.09. The number of carbonyl (C=O) groups excluding carboxylic acids is 1. The molecule has 5 heteroatoms. The highest BCUT2D eigenvalue weighted by molar-refractivity contribution is 6.05. The van der Waals surface area contributed by atoms with Crippen molar-refractivity contribution in [3.05, 3.63) is 46.1 Å². The van der Waals surface area contributed by atoms with Crippen molar-refractivity contribution in [2.45, 2.75) is 19.9 Å². The van der Waals surface area contributed by atoms with E-state index in [0.29, 0.717) is 0 Å². The van der Waals surface area contributed by atoms with Gasteiger partial charge in [-0.3, -0.25) is 4.79 Å². The maximum absolute atomic E-state index is 13.2. The molecule has 0 atom stereocenters. The molecule has 1 aromatic carbocycles. The average molecular weight is 249 g/mol. The van der Waals surface area contributed by atoms with Crippen LogP contribution in [0.15, 0.2) is 33.5 Å². The minimum atomic E-state index is -0.636. The smallest absolute Gasteiger partial charge is 0.337 e. The van der Waals surface area contributed by atoms with Gasteiger partial charge in [-0.1, -0.05) is 0 Å². The molecule has 0 aliphatic heterocycles. The normalized spacial score (nSPS) is 10.9. The van der Waals surface area contributed by atoms with Gasteiger partial charge in [0.1, 0.15) is 11.4 Å². The Labute approximate surface area is 102 Å². The number of hydrogen-bond donors (Lipinski definition) is 1. The molecule has 0 aliphatic carbocycles. The highest BCUT2D eigenvalue weighted by Crippen LogP contribution is 2.18. The van der Waals surface area contributed by atoms with Crippen LogP contribution in [0.1, 0.15) is 24.2 Å². The Morgan fingerprint density at radius 1 is 1.33 bits per heavy atom. The monoisotopic (exact) mass is 249 g/mol. The zero-order valence-corrected chi connectivity index (χ0v) is 9.99. The van der Waals surface area contributed by atoms with Crippen molar-refractivity contribution in [3.63, 3.8) is 0 Å². The number of halogens is 1. The Morgan fingerprint density at radius 2 is 2.06 bits per heavy atom. The Hall–Kier alpha value is -2.17. The summed E-state index contributed by atoms with van der Waals surface area (Å²) in [6, 6.07) is 4.68. The summed E-state index contributed by atoms with van der Waals surface area (Å²) in [6.07, 6.45) is 0. The van der Waals surface area contributed by atoms with Gasteiger partial charge >= 0.3 is 5.63 Å². The molecule has 0 unspecified atom stereocenters. The summed E-state index contributed by atoms with van der Waals surface area (Å²) >= 11 is 0. The fourth-order valence-corrected chi connectivity index (χ4v) is 1.66. The first kappa shape index (κ1) is 12.3. The topological polar surface area (TPSA) is 59.3 Å². The fraction of sp³-hybridized carbons (Fsp3) is 0.231. The van der Waals surface area contributed by atoms with Crippen LogP contribution in [0.4, 0.5) is 4.39 Å². The van der Waals surface area contributed by atoms with Gasteiger partial charge in [-0.25, -0.2) is 9.18 Å². The van der Waals surface area contributed by atoms with E-state index in [1.54, 1.807) is 13.8 Å². The first-order valence-corrected chi connectivity index (χ1v) is 5.51. The predicted molar refractivity (Wildman–Crippen MR) is 65.0 cm³/mol. The van der Waals surface area contributed by atoms with Crippen molar-refractivity contribution >= 4 is 16.9 Å². The summed E-state index contributed by atoms with van der Waals surface area (Å²) < 4.78 is 18.1. The van der Waals surface area contributed by atoms with Crippen LogP contribution >= 0.6 is 0 Å². The number of benzene rings is 1. The molecular formula is C13H12FNO3.